The number of carbonyl (C=O) groups is 2. The summed E-state index contributed by atoms with van der Waals surface area (Å²) in [5.74, 6) is -1.26. The Morgan fingerprint density at radius 3 is 2.41 bits per heavy atom. The van der Waals surface area contributed by atoms with E-state index in [0.717, 1.165) is 34.7 Å². The monoisotopic (exact) mass is 523 g/mol. The number of aliphatic imine (C=N–C) groups is 1. The Morgan fingerprint density at radius 1 is 1.28 bits per heavy atom. The average molecular weight is 523 g/mol. The van der Waals surface area contributed by atoms with Crippen LogP contribution in [0.15, 0.2) is 23.2 Å². The summed E-state index contributed by atoms with van der Waals surface area (Å²) in [4.78, 5) is 30.7. The normalized spacial score (nSPS) is 19.2. The minimum Gasteiger partial charge on any atom is -0.444 e. The van der Waals surface area contributed by atoms with Crippen LogP contribution in [0.2, 0.25) is 0 Å². The zero-order valence-electron chi connectivity index (χ0n) is 16.2. The third-order valence-electron chi connectivity index (χ3n) is 4.77. The zero-order valence-corrected chi connectivity index (χ0v) is 18.3. The molecule has 10 heteroatoms. The summed E-state index contributed by atoms with van der Waals surface area (Å²) < 4.78 is 43.3. The molecule has 2 aliphatic rings. The van der Waals surface area contributed by atoms with Crippen LogP contribution >= 0.6 is 22.6 Å². The fourth-order valence-electron chi connectivity index (χ4n) is 3.25. The van der Waals surface area contributed by atoms with Gasteiger partial charge in [-0.05, 0) is 45.7 Å². The molecular weight excluding hydrogens is 502 g/mol. The number of alkyl halides is 3. The summed E-state index contributed by atoms with van der Waals surface area (Å²) in [6, 6.07) is 3.04. The molecule has 0 aliphatic carbocycles. The van der Waals surface area contributed by atoms with Crippen molar-refractivity contribution in [1.29, 1.82) is 0 Å². The number of rotatable bonds is 2. The minimum absolute atomic E-state index is 0.0153. The van der Waals surface area contributed by atoms with Crippen molar-refractivity contribution in [2.45, 2.75) is 48.7 Å². The second-order valence-corrected chi connectivity index (χ2v) is 9.46. The van der Waals surface area contributed by atoms with E-state index in [-0.39, 0.29) is 43.2 Å². The maximum Gasteiger partial charge on any atom is 0.410 e. The van der Waals surface area contributed by atoms with Crippen LogP contribution in [0, 0.1) is 5.82 Å². The number of carbonyl (C=O) groups excluding carboxylic acids is 2. The molecule has 1 fully saturated rings. The lowest BCUT2D eigenvalue weighted by Gasteiger charge is -2.36. The van der Waals surface area contributed by atoms with Gasteiger partial charge in [0, 0.05) is 41.2 Å². The molecule has 6 nitrogen and oxygen atoms in total. The topological polar surface area (TPSA) is 71.0 Å². The number of amidine groups is 1. The molecule has 2 heterocycles. The van der Waals surface area contributed by atoms with E-state index in [1.54, 1.807) is 20.8 Å². The number of nitrogens with zero attached hydrogens (tertiary/aromatic N) is 2. The number of ether oxygens (including phenoxy) is 1. The van der Waals surface area contributed by atoms with E-state index in [9.17, 15) is 22.8 Å². The smallest absolute Gasteiger partial charge is 0.410 e. The fraction of sp³-hybridized carbons (Fsp3) is 0.526. The minimum atomic E-state index is -3.20. The first-order chi connectivity index (χ1) is 13.3. The zero-order chi connectivity index (χ0) is 21.6. The van der Waals surface area contributed by atoms with Gasteiger partial charge in [0.15, 0.2) is 0 Å². The van der Waals surface area contributed by atoms with Crippen molar-refractivity contribution in [3.8, 4) is 0 Å². The molecule has 2 amide bonds. The van der Waals surface area contributed by atoms with Crippen LogP contribution in [-0.2, 0) is 13.5 Å². The van der Waals surface area contributed by atoms with Crippen LogP contribution in [0.4, 0.5) is 18.0 Å². The maximum absolute atomic E-state index is 14.4. The summed E-state index contributed by atoms with van der Waals surface area (Å²) in [5, 5.41) is 2.56. The van der Waals surface area contributed by atoms with Crippen molar-refractivity contribution >= 4 is 40.4 Å². The van der Waals surface area contributed by atoms with Crippen molar-refractivity contribution in [2.75, 3.05) is 13.1 Å². The number of halogens is 4. The molecule has 0 bridgehead atoms. The Labute approximate surface area is 180 Å². The molecule has 29 heavy (non-hydrogen) atoms. The molecule has 1 N–H and O–H groups in total. The van der Waals surface area contributed by atoms with Crippen molar-refractivity contribution in [3.05, 3.63) is 35.1 Å². The fourth-order valence-corrected chi connectivity index (χ4v) is 3.59. The average Bonchev–Trinajstić information content (AvgIpc) is 2.89. The van der Waals surface area contributed by atoms with Crippen LogP contribution in [-0.4, -0.2) is 47.0 Å². The highest BCUT2D eigenvalue weighted by Gasteiger charge is 2.47. The lowest BCUT2D eigenvalue weighted by Crippen LogP contribution is -2.51. The summed E-state index contributed by atoms with van der Waals surface area (Å²) in [6.07, 6.45) is 0.0523. The van der Waals surface area contributed by atoms with Gasteiger partial charge in [-0.3, -0.25) is 9.79 Å². The first-order valence-corrected chi connectivity index (χ1v) is 10.1. The molecule has 1 aromatic rings. The molecule has 3 rings (SSSR count). The molecule has 0 unspecified atom stereocenters. The van der Waals surface area contributed by atoms with E-state index < -0.39 is 32.5 Å². The van der Waals surface area contributed by atoms with Gasteiger partial charge >= 0.3 is 10.0 Å². The van der Waals surface area contributed by atoms with Crippen LogP contribution in [0.3, 0.4) is 0 Å². The SMILES string of the molecule is CC(C)(C)OC(=O)N1CCC2(CC1)N=C(c1ccc(C(F)(F)I)cc1F)NC2=O. The number of hydrogen-bond acceptors (Lipinski definition) is 4. The van der Waals surface area contributed by atoms with Gasteiger partial charge in [0.1, 0.15) is 22.8 Å². The Hall–Kier alpha value is -1.85. The molecule has 158 valence electrons. The maximum atomic E-state index is 14.4. The molecule has 0 radical (unpaired) electrons. The van der Waals surface area contributed by atoms with Crippen molar-refractivity contribution < 1.29 is 27.5 Å². The first kappa shape index (κ1) is 21.8. The summed E-state index contributed by atoms with van der Waals surface area (Å²) >= 11 is 0.925. The number of hydrogen-bond donors (Lipinski definition) is 1. The molecule has 1 aromatic carbocycles. The second kappa shape index (κ2) is 7.44. The van der Waals surface area contributed by atoms with E-state index in [4.69, 9.17) is 4.74 Å². The van der Waals surface area contributed by atoms with Gasteiger partial charge < -0.3 is 15.0 Å². The summed E-state index contributed by atoms with van der Waals surface area (Å²) in [6.45, 7) is 5.84. The molecule has 0 atom stereocenters. The molecular formula is C19H21F3IN3O3. The summed E-state index contributed by atoms with van der Waals surface area (Å²) in [7, 11) is 0. The Bertz CT molecular complexity index is 870. The highest BCUT2D eigenvalue weighted by molar-refractivity contribution is 14.1. The van der Waals surface area contributed by atoms with Gasteiger partial charge in [0.2, 0.25) is 0 Å². The third-order valence-corrected chi connectivity index (χ3v) is 5.40. The van der Waals surface area contributed by atoms with Gasteiger partial charge in [0.05, 0.1) is 5.56 Å². The predicted molar refractivity (Wildman–Crippen MR) is 109 cm³/mol. The predicted octanol–water partition coefficient (Wildman–Crippen LogP) is 3.96. The Kier molecular flexibility index (Phi) is 5.61. The standard InChI is InChI=1S/C19H21F3IN3O3/c1-17(2,3)29-16(28)26-8-6-18(7-9-26)15(27)24-14(25-18)12-5-4-11(10-13(12)20)19(21,22)23/h4-5,10H,6-9H2,1-3H3,(H,24,25,27). The van der Waals surface area contributed by atoms with E-state index in [0.29, 0.717) is 0 Å². The molecule has 0 aromatic heterocycles. The highest BCUT2D eigenvalue weighted by atomic mass is 127. The largest absolute Gasteiger partial charge is 0.444 e. The van der Waals surface area contributed by atoms with Crippen molar-refractivity contribution in [3.63, 3.8) is 0 Å². The third kappa shape index (κ3) is 4.67. The van der Waals surface area contributed by atoms with Gasteiger partial charge in [0.25, 0.3) is 5.91 Å². The lowest BCUT2D eigenvalue weighted by molar-refractivity contribution is -0.125. The molecule has 1 spiro atoms. The number of amides is 2. The van der Waals surface area contributed by atoms with E-state index in [1.165, 1.54) is 11.0 Å². The number of benzene rings is 1. The van der Waals surface area contributed by atoms with Crippen LogP contribution < -0.4 is 5.32 Å². The lowest BCUT2D eigenvalue weighted by atomic mass is 9.88. The van der Waals surface area contributed by atoms with Crippen LogP contribution in [0.5, 0.6) is 0 Å². The van der Waals surface area contributed by atoms with Crippen molar-refractivity contribution in [2.24, 2.45) is 4.99 Å². The Morgan fingerprint density at radius 2 is 1.90 bits per heavy atom. The molecule has 2 aliphatic heterocycles. The van der Waals surface area contributed by atoms with Gasteiger partial charge in [-0.25, -0.2) is 9.18 Å². The van der Waals surface area contributed by atoms with Gasteiger partial charge in [-0.2, -0.15) is 8.78 Å². The number of likely N-dealkylation sites (tertiary alicyclic amines) is 1. The van der Waals surface area contributed by atoms with Crippen LogP contribution in [0.25, 0.3) is 0 Å². The number of nitrogens with one attached hydrogen (secondary N) is 1. The molecule has 1 saturated heterocycles. The second-order valence-electron chi connectivity index (χ2n) is 8.11. The van der Waals surface area contributed by atoms with Crippen LogP contribution in [0.1, 0.15) is 44.7 Å². The van der Waals surface area contributed by atoms with E-state index in [2.05, 4.69) is 10.3 Å². The quantitative estimate of drug-likeness (QED) is 0.472. The first-order valence-electron chi connectivity index (χ1n) is 9.07. The van der Waals surface area contributed by atoms with E-state index in [1.807, 2.05) is 0 Å². The summed E-state index contributed by atoms with van der Waals surface area (Å²) in [5.41, 5.74) is -2.24. The van der Waals surface area contributed by atoms with Gasteiger partial charge in [-0.1, -0.05) is 6.07 Å². The molecule has 0 saturated carbocycles. The van der Waals surface area contributed by atoms with E-state index >= 15 is 0 Å². The highest BCUT2D eigenvalue weighted by Crippen LogP contribution is 2.36. The van der Waals surface area contributed by atoms with Gasteiger partial charge in [-0.15, -0.1) is 0 Å². The Balaban J connectivity index is 1.77. The van der Waals surface area contributed by atoms with Crippen molar-refractivity contribution in [1.82, 2.24) is 10.2 Å². The number of piperidine rings is 1.